The van der Waals surface area contributed by atoms with E-state index in [1.165, 1.54) is 17.3 Å². The van der Waals surface area contributed by atoms with Crippen molar-refractivity contribution in [3.8, 4) is 0 Å². The summed E-state index contributed by atoms with van der Waals surface area (Å²) in [5, 5.41) is 2.24. The Morgan fingerprint density at radius 1 is 1.16 bits per heavy atom. The Morgan fingerprint density at radius 2 is 1.84 bits per heavy atom. The molecule has 2 aromatic carbocycles. The Kier molecular flexibility index (Phi) is 7.14. The number of hydrogen-bond acceptors (Lipinski definition) is 5. The third kappa shape index (κ3) is 5.65. The fraction of sp³-hybridized carbons (Fsp3) is 0.350. The number of Topliss-reactive ketones (excluding diaryl/α,β-unsaturated/α-hetero) is 1. The molecule has 0 saturated heterocycles. The van der Waals surface area contributed by atoms with Crippen molar-refractivity contribution in [3.05, 3.63) is 47.5 Å². The van der Waals surface area contributed by atoms with Crippen LogP contribution in [0.5, 0.6) is 0 Å². The topological polar surface area (TPSA) is 43.4 Å². The summed E-state index contributed by atoms with van der Waals surface area (Å²) in [6.07, 6.45) is 0.962. The Balaban J connectivity index is 1.96. The zero-order valence-corrected chi connectivity index (χ0v) is 16.3. The Labute approximate surface area is 158 Å². The number of carbonyl (C=O) groups is 2. The molecule has 0 saturated carbocycles. The van der Waals surface area contributed by atoms with Crippen molar-refractivity contribution in [1.82, 2.24) is 0 Å². The van der Waals surface area contributed by atoms with Gasteiger partial charge in [0.15, 0.2) is 0 Å². The van der Waals surface area contributed by atoms with Crippen molar-refractivity contribution in [2.24, 2.45) is 0 Å². The highest BCUT2D eigenvalue weighted by Gasteiger charge is 2.19. The van der Waals surface area contributed by atoms with Crippen molar-refractivity contribution in [1.29, 1.82) is 0 Å². The maximum atomic E-state index is 12.3. The van der Waals surface area contributed by atoms with E-state index in [2.05, 4.69) is 25.1 Å². The third-order valence-electron chi connectivity index (χ3n) is 4.05. The molecular weight excluding hydrogens is 352 g/mol. The van der Waals surface area contributed by atoms with Gasteiger partial charge in [0.2, 0.25) is 4.38 Å². The van der Waals surface area contributed by atoms with E-state index in [1.807, 2.05) is 32.0 Å². The Morgan fingerprint density at radius 3 is 2.56 bits per heavy atom. The summed E-state index contributed by atoms with van der Waals surface area (Å²) >= 11 is 6.32. The average Bonchev–Trinajstić information content (AvgIpc) is 2.60. The van der Waals surface area contributed by atoms with Crippen LogP contribution in [0, 0.1) is 6.92 Å². The van der Waals surface area contributed by atoms with E-state index in [4.69, 9.17) is 17.0 Å². The van der Waals surface area contributed by atoms with E-state index in [1.54, 1.807) is 0 Å². The first kappa shape index (κ1) is 19.6. The predicted molar refractivity (Wildman–Crippen MR) is 108 cm³/mol. The molecule has 0 spiro atoms. The van der Waals surface area contributed by atoms with E-state index in [9.17, 15) is 9.59 Å². The number of hydrogen-bond donors (Lipinski definition) is 0. The molecule has 1 atom stereocenters. The number of ether oxygens (including phenoxy) is 1. The van der Waals surface area contributed by atoms with Gasteiger partial charge in [0.1, 0.15) is 5.78 Å². The summed E-state index contributed by atoms with van der Waals surface area (Å²) in [4.78, 5) is 23.6. The van der Waals surface area contributed by atoms with Gasteiger partial charge in [0, 0.05) is 18.6 Å². The van der Waals surface area contributed by atoms with Crippen molar-refractivity contribution >= 4 is 50.9 Å². The van der Waals surface area contributed by atoms with Crippen LogP contribution in [0.2, 0.25) is 0 Å². The van der Waals surface area contributed by atoms with Crippen LogP contribution in [0.4, 0.5) is 0 Å². The molecule has 0 amide bonds. The number of thioether (sulfide) groups is 1. The maximum Gasteiger partial charge on any atom is 0.319 e. The van der Waals surface area contributed by atoms with Crippen molar-refractivity contribution in [3.63, 3.8) is 0 Å². The van der Waals surface area contributed by atoms with E-state index in [0.29, 0.717) is 18.6 Å². The number of benzene rings is 2. The second-order valence-electron chi connectivity index (χ2n) is 5.99. The summed E-state index contributed by atoms with van der Waals surface area (Å²) in [5.41, 5.74) is 2.10. The van der Waals surface area contributed by atoms with Gasteiger partial charge in [-0.1, -0.05) is 60.6 Å². The highest BCUT2D eigenvalue weighted by molar-refractivity contribution is 8.22. The zero-order chi connectivity index (χ0) is 18.4. The molecule has 2 rings (SSSR count). The molecule has 0 heterocycles. The molecule has 3 nitrogen and oxygen atoms in total. The molecule has 25 heavy (non-hydrogen) atoms. The lowest BCUT2D eigenvalue weighted by Gasteiger charge is -2.13. The van der Waals surface area contributed by atoms with Gasteiger partial charge in [-0.15, -0.1) is 0 Å². The Bertz CT molecular complexity index is 799. The van der Waals surface area contributed by atoms with Crippen molar-refractivity contribution in [2.45, 2.75) is 39.5 Å². The highest BCUT2D eigenvalue weighted by atomic mass is 32.2. The summed E-state index contributed by atoms with van der Waals surface area (Å²) < 4.78 is 5.44. The lowest BCUT2D eigenvalue weighted by atomic mass is 9.97. The first-order chi connectivity index (χ1) is 11.9. The molecule has 0 fully saturated rings. The fourth-order valence-corrected chi connectivity index (χ4v) is 3.38. The summed E-state index contributed by atoms with van der Waals surface area (Å²) in [5.74, 6) is -0.0450. The molecule has 0 aliphatic carbocycles. The van der Waals surface area contributed by atoms with Gasteiger partial charge in [0.25, 0.3) is 0 Å². The SMILES string of the molecule is CCC(=O)CCSC(=S)OC(=O)[C@@H](C)c1ccc2cc(C)ccc2c1. The highest BCUT2D eigenvalue weighted by Crippen LogP contribution is 2.24. The van der Waals surface area contributed by atoms with Crippen LogP contribution in [0.25, 0.3) is 10.8 Å². The molecule has 0 aliphatic rings. The molecule has 0 N–H and O–H groups in total. The second kappa shape index (κ2) is 9.11. The number of carbonyl (C=O) groups excluding carboxylic acids is 2. The van der Waals surface area contributed by atoms with Crippen LogP contribution in [0.3, 0.4) is 0 Å². The van der Waals surface area contributed by atoms with Crippen LogP contribution >= 0.6 is 24.0 Å². The lowest BCUT2D eigenvalue weighted by Crippen LogP contribution is -2.15. The lowest BCUT2D eigenvalue weighted by molar-refractivity contribution is -0.136. The normalized spacial score (nSPS) is 12.0. The molecule has 0 aromatic heterocycles. The number of thiocarbonyl (C=S) groups is 1. The average molecular weight is 375 g/mol. The number of rotatable bonds is 6. The largest absolute Gasteiger partial charge is 0.408 e. The van der Waals surface area contributed by atoms with Crippen LogP contribution in [0.1, 0.15) is 43.7 Å². The van der Waals surface area contributed by atoms with E-state index < -0.39 is 5.92 Å². The number of ketones is 1. The maximum absolute atomic E-state index is 12.3. The quantitative estimate of drug-likeness (QED) is 0.515. The van der Waals surface area contributed by atoms with Gasteiger partial charge in [-0.2, -0.15) is 0 Å². The molecule has 0 aliphatic heterocycles. The second-order valence-corrected chi connectivity index (χ2v) is 7.69. The van der Waals surface area contributed by atoms with Gasteiger partial charge < -0.3 is 4.74 Å². The van der Waals surface area contributed by atoms with Gasteiger partial charge >= 0.3 is 5.97 Å². The number of fused-ring (bicyclic) bond motifs is 1. The van der Waals surface area contributed by atoms with Gasteiger partial charge in [-0.25, -0.2) is 0 Å². The first-order valence-corrected chi connectivity index (χ1v) is 9.70. The molecule has 5 heteroatoms. The fourth-order valence-electron chi connectivity index (χ4n) is 2.41. The molecule has 132 valence electrons. The minimum Gasteiger partial charge on any atom is -0.408 e. The minimum atomic E-state index is -0.401. The summed E-state index contributed by atoms with van der Waals surface area (Å²) in [6.45, 7) is 5.70. The summed E-state index contributed by atoms with van der Waals surface area (Å²) in [6, 6.07) is 12.2. The molecule has 0 radical (unpaired) electrons. The first-order valence-electron chi connectivity index (χ1n) is 8.31. The molecule has 0 bridgehead atoms. The molecule has 0 unspecified atom stereocenters. The van der Waals surface area contributed by atoms with Gasteiger partial charge in [-0.3, -0.25) is 9.59 Å². The predicted octanol–water partition coefficient (Wildman–Crippen LogP) is 5.18. The Hall–Kier alpha value is -1.72. The smallest absolute Gasteiger partial charge is 0.319 e. The van der Waals surface area contributed by atoms with Crippen LogP contribution in [0.15, 0.2) is 36.4 Å². The van der Waals surface area contributed by atoms with Crippen molar-refractivity contribution in [2.75, 3.05) is 5.75 Å². The van der Waals surface area contributed by atoms with Gasteiger partial charge in [0.05, 0.1) is 5.92 Å². The minimum absolute atomic E-state index is 0.178. The van der Waals surface area contributed by atoms with Crippen molar-refractivity contribution < 1.29 is 14.3 Å². The van der Waals surface area contributed by atoms with Crippen LogP contribution in [-0.4, -0.2) is 21.9 Å². The van der Waals surface area contributed by atoms with Gasteiger partial charge in [-0.05, 0) is 42.4 Å². The standard InChI is InChI=1S/C20H22O3S2/c1-4-18(21)9-10-25-20(24)23-19(22)14(3)15-7-8-16-11-13(2)5-6-17(16)12-15/h5-8,11-12,14H,4,9-10H2,1-3H3/t14-/m0/s1. The van der Waals surface area contributed by atoms with Crippen LogP contribution < -0.4 is 0 Å². The van der Waals surface area contributed by atoms with E-state index in [0.717, 1.165) is 16.3 Å². The van der Waals surface area contributed by atoms with E-state index >= 15 is 0 Å². The van der Waals surface area contributed by atoms with Crippen LogP contribution in [-0.2, 0) is 14.3 Å². The molecule has 2 aromatic rings. The number of esters is 1. The zero-order valence-electron chi connectivity index (χ0n) is 14.7. The third-order valence-corrected chi connectivity index (χ3v) is 5.22. The van der Waals surface area contributed by atoms with E-state index in [-0.39, 0.29) is 16.1 Å². The summed E-state index contributed by atoms with van der Waals surface area (Å²) in [7, 11) is 0. The monoisotopic (exact) mass is 374 g/mol. The number of aryl methyl sites for hydroxylation is 1. The molecular formula is C20H22O3S2.